The molecule has 2 bridgehead atoms. The van der Waals surface area contributed by atoms with E-state index in [9.17, 15) is 29.7 Å². The van der Waals surface area contributed by atoms with Crippen LogP contribution < -0.4 is 0 Å². The number of ether oxygens (including phenoxy) is 4. The van der Waals surface area contributed by atoms with Crippen molar-refractivity contribution in [3.8, 4) is 0 Å². The number of aliphatic hydroxyl groups excluding tert-OH is 3. The minimum absolute atomic E-state index is 0.0340. The van der Waals surface area contributed by atoms with Crippen molar-refractivity contribution in [3.63, 3.8) is 0 Å². The van der Waals surface area contributed by atoms with Gasteiger partial charge in [-0.2, -0.15) is 0 Å². The second-order valence-corrected chi connectivity index (χ2v) is 15.1. The Morgan fingerprint density at radius 3 is 2.48 bits per heavy atom. The van der Waals surface area contributed by atoms with E-state index in [1.54, 1.807) is 26.4 Å². The first-order valence-corrected chi connectivity index (χ1v) is 15.9. The molecule has 2 saturated heterocycles. The number of Topliss-reactive ketones (excluding diaryl/α,β-unsaturated/α-hetero) is 1. The number of hydrogen-bond donors (Lipinski definition) is 3. The molecule has 6 aliphatic rings. The highest BCUT2D eigenvalue weighted by Gasteiger charge is 2.90. The fourth-order valence-electron chi connectivity index (χ4n) is 11.3. The zero-order valence-corrected chi connectivity index (χ0v) is 26.1. The van der Waals surface area contributed by atoms with E-state index < -0.39 is 87.7 Å². The summed E-state index contributed by atoms with van der Waals surface area (Å²) in [4.78, 5) is 40.1. The number of epoxide rings is 1. The standard InChI is InChI=1S/C33H44O11/c1-7-15(2)27(39)43-28-30(5)20-11-21(36)31(6)24(32(20,14-41-28)26(38)23(25(30)37)42-16(3)34)19(35)12-29(4)18(17-8-9-40-13-17)10-22-33(29,31)44-22/h8-9,13,15,18,20-26,28,36-38H,7,10-12,14H2,1-6H3. The Morgan fingerprint density at radius 2 is 1.84 bits per heavy atom. The molecule has 15 atom stereocenters. The van der Waals surface area contributed by atoms with E-state index in [1.165, 1.54) is 6.92 Å². The summed E-state index contributed by atoms with van der Waals surface area (Å²) in [5.41, 5.74) is -4.50. The van der Waals surface area contributed by atoms with Crippen molar-refractivity contribution >= 4 is 17.7 Å². The third-order valence-electron chi connectivity index (χ3n) is 13.4. The van der Waals surface area contributed by atoms with Gasteiger partial charge in [-0.25, -0.2) is 0 Å². The Labute approximate surface area is 256 Å². The van der Waals surface area contributed by atoms with E-state index in [4.69, 9.17) is 23.4 Å². The van der Waals surface area contributed by atoms with Crippen molar-refractivity contribution < 1.29 is 53.1 Å². The van der Waals surface area contributed by atoms with Crippen LogP contribution in [-0.2, 0) is 33.3 Å². The third kappa shape index (κ3) is 3.27. The van der Waals surface area contributed by atoms with Crippen LogP contribution in [-0.4, -0.2) is 82.1 Å². The summed E-state index contributed by atoms with van der Waals surface area (Å²) in [5, 5.41) is 36.4. The van der Waals surface area contributed by atoms with E-state index >= 15 is 0 Å². The fraction of sp³-hybridized carbons (Fsp3) is 0.788. The molecule has 3 N–H and O–H groups in total. The third-order valence-corrected chi connectivity index (χ3v) is 13.4. The molecule has 1 spiro atoms. The molecule has 0 amide bonds. The van der Waals surface area contributed by atoms with Gasteiger partial charge in [0.25, 0.3) is 0 Å². The van der Waals surface area contributed by atoms with Crippen molar-refractivity contribution in [3.05, 3.63) is 24.2 Å². The molecule has 11 nitrogen and oxygen atoms in total. The predicted octanol–water partition coefficient (Wildman–Crippen LogP) is 2.49. The van der Waals surface area contributed by atoms with E-state index in [0.29, 0.717) is 12.8 Å². The second kappa shape index (κ2) is 9.37. The van der Waals surface area contributed by atoms with Crippen molar-refractivity contribution in [1.29, 1.82) is 0 Å². The fourth-order valence-corrected chi connectivity index (χ4v) is 11.3. The zero-order valence-electron chi connectivity index (χ0n) is 26.1. The van der Waals surface area contributed by atoms with Crippen LogP contribution >= 0.6 is 0 Å². The molecule has 6 fully saturated rings. The molecule has 1 aromatic heterocycles. The summed E-state index contributed by atoms with van der Waals surface area (Å²) in [6.07, 6.45) is -2.24. The molecule has 3 heterocycles. The Morgan fingerprint density at radius 1 is 1.11 bits per heavy atom. The van der Waals surface area contributed by atoms with Gasteiger partial charge in [-0.3, -0.25) is 14.4 Å². The lowest BCUT2D eigenvalue weighted by Gasteiger charge is -2.73. The van der Waals surface area contributed by atoms with Crippen LogP contribution in [0.15, 0.2) is 23.0 Å². The van der Waals surface area contributed by atoms with Gasteiger partial charge in [-0.05, 0) is 42.7 Å². The van der Waals surface area contributed by atoms with Crippen LogP contribution in [0.5, 0.6) is 0 Å². The number of carbonyl (C=O) groups is 3. The molecule has 15 unspecified atom stereocenters. The molecule has 1 aromatic rings. The van der Waals surface area contributed by atoms with Gasteiger partial charge in [-0.1, -0.05) is 34.6 Å². The van der Waals surface area contributed by atoms with Crippen LogP contribution in [0.3, 0.4) is 0 Å². The summed E-state index contributed by atoms with van der Waals surface area (Å²) in [5.74, 6) is -3.52. The maximum Gasteiger partial charge on any atom is 0.310 e. The van der Waals surface area contributed by atoms with Crippen LogP contribution in [0.1, 0.15) is 78.7 Å². The first-order chi connectivity index (χ1) is 20.7. The van der Waals surface area contributed by atoms with Crippen molar-refractivity contribution in [2.75, 3.05) is 6.61 Å². The number of carbonyl (C=O) groups excluding carboxylic acids is 3. The molecule has 2 aliphatic heterocycles. The maximum absolute atomic E-state index is 14.8. The SMILES string of the molecule is CCC(C)C(=O)OC1OCC23C(O)C(OC(C)=O)C(O)C1(C)C2CC(O)C1(C)C3C(=O)CC2(C)C(c3ccoc3)CC3OC321. The second-order valence-electron chi connectivity index (χ2n) is 15.1. The number of ketones is 1. The van der Waals surface area contributed by atoms with Gasteiger partial charge in [0.1, 0.15) is 23.6 Å². The van der Waals surface area contributed by atoms with Gasteiger partial charge in [0.15, 0.2) is 6.10 Å². The smallest absolute Gasteiger partial charge is 0.310 e. The van der Waals surface area contributed by atoms with Crippen molar-refractivity contribution in [1.82, 2.24) is 0 Å². The Bertz CT molecular complexity index is 1380. The van der Waals surface area contributed by atoms with Crippen molar-refractivity contribution in [2.45, 2.75) is 116 Å². The average molecular weight is 617 g/mol. The summed E-state index contributed by atoms with van der Waals surface area (Å²) in [7, 11) is 0. The average Bonchev–Trinajstić information content (AvgIpc) is 3.34. The molecule has 0 aromatic carbocycles. The molecule has 4 aliphatic carbocycles. The highest BCUT2D eigenvalue weighted by molar-refractivity contribution is 5.87. The highest BCUT2D eigenvalue weighted by Crippen LogP contribution is 2.82. The predicted molar refractivity (Wildman–Crippen MR) is 151 cm³/mol. The lowest BCUT2D eigenvalue weighted by molar-refractivity contribution is -0.389. The molecule has 242 valence electrons. The topological polar surface area (TPSA) is 165 Å². The lowest BCUT2D eigenvalue weighted by Crippen LogP contribution is -2.83. The van der Waals surface area contributed by atoms with E-state index in [1.807, 2.05) is 19.9 Å². The maximum atomic E-state index is 14.8. The van der Waals surface area contributed by atoms with Crippen molar-refractivity contribution in [2.24, 2.45) is 39.4 Å². The number of aliphatic hydroxyl groups is 3. The molecule has 7 rings (SSSR count). The van der Waals surface area contributed by atoms with E-state index in [-0.39, 0.29) is 37.3 Å². The van der Waals surface area contributed by atoms with Crippen LogP contribution in [0.25, 0.3) is 0 Å². The number of furan rings is 1. The summed E-state index contributed by atoms with van der Waals surface area (Å²) < 4.78 is 29.8. The molecular formula is C33H44O11. The molecule has 4 saturated carbocycles. The summed E-state index contributed by atoms with van der Waals surface area (Å²) >= 11 is 0. The Balaban J connectivity index is 1.37. The van der Waals surface area contributed by atoms with Crippen LogP contribution in [0.4, 0.5) is 0 Å². The van der Waals surface area contributed by atoms with Gasteiger partial charge in [0, 0.05) is 35.5 Å². The number of rotatable bonds is 5. The Hall–Kier alpha value is -2.31. The minimum Gasteiger partial charge on any atom is -0.472 e. The largest absolute Gasteiger partial charge is 0.472 e. The first kappa shape index (κ1) is 30.3. The summed E-state index contributed by atoms with van der Waals surface area (Å²) in [6, 6.07) is 1.91. The van der Waals surface area contributed by atoms with E-state index in [2.05, 4.69) is 6.92 Å². The first-order valence-electron chi connectivity index (χ1n) is 15.9. The molecule has 11 heteroatoms. The molecule has 44 heavy (non-hydrogen) atoms. The van der Waals surface area contributed by atoms with Gasteiger partial charge >= 0.3 is 11.9 Å². The van der Waals surface area contributed by atoms with Crippen LogP contribution in [0.2, 0.25) is 0 Å². The van der Waals surface area contributed by atoms with Gasteiger partial charge < -0.3 is 38.7 Å². The van der Waals surface area contributed by atoms with Gasteiger partial charge in [0.2, 0.25) is 6.29 Å². The van der Waals surface area contributed by atoms with Crippen LogP contribution in [0, 0.1) is 39.4 Å². The number of hydrogen-bond acceptors (Lipinski definition) is 11. The lowest BCUT2D eigenvalue weighted by atomic mass is 9.33. The molecular weight excluding hydrogens is 572 g/mol. The molecule has 0 radical (unpaired) electrons. The highest BCUT2D eigenvalue weighted by atomic mass is 16.7. The number of esters is 2. The van der Waals surface area contributed by atoms with E-state index in [0.717, 1.165) is 5.56 Å². The quantitative estimate of drug-likeness (QED) is 0.329. The normalized spacial score (nSPS) is 52.6. The number of fused-ring (bicyclic) bond motifs is 1. The van der Waals surface area contributed by atoms with Gasteiger partial charge in [0.05, 0.1) is 42.7 Å². The minimum atomic E-state index is -1.52. The zero-order chi connectivity index (χ0) is 31.8. The monoisotopic (exact) mass is 616 g/mol. The van der Waals surface area contributed by atoms with Gasteiger partial charge in [-0.15, -0.1) is 0 Å². The Kier molecular flexibility index (Phi) is 6.47. The summed E-state index contributed by atoms with van der Waals surface area (Å²) in [6.45, 7) is 10.2.